The van der Waals surface area contributed by atoms with Gasteiger partial charge in [-0.3, -0.25) is 4.79 Å². The molecule has 1 aliphatic rings. The van der Waals surface area contributed by atoms with Crippen LogP contribution in [0.5, 0.6) is 5.75 Å². The number of benzene rings is 1. The zero-order valence-electron chi connectivity index (χ0n) is 8.04. The van der Waals surface area contributed by atoms with Crippen molar-refractivity contribution < 1.29 is 9.53 Å². The van der Waals surface area contributed by atoms with Crippen LogP contribution in [0.2, 0.25) is 0 Å². The Bertz CT molecular complexity index is 292. The average Bonchev–Trinajstić information content (AvgIpc) is 2.21. The van der Waals surface area contributed by atoms with Gasteiger partial charge in [-0.1, -0.05) is 32.0 Å². The van der Waals surface area contributed by atoms with Crippen LogP contribution in [0, 0.1) is 0 Å². The lowest BCUT2D eigenvalue weighted by Gasteiger charge is -2.14. The van der Waals surface area contributed by atoms with Gasteiger partial charge in [-0.2, -0.15) is 0 Å². The van der Waals surface area contributed by atoms with Gasteiger partial charge in [0.2, 0.25) is 0 Å². The SMILES string of the molecule is CC.O=C1COc2ccccc2C1. The lowest BCUT2D eigenvalue weighted by atomic mass is 10.1. The van der Waals surface area contributed by atoms with E-state index in [2.05, 4.69) is 0 Å². The predicted molar refractivity (Wildman–Crippen MR) is 52.0 cm³/mol. The first-order valence-electron chi connectivity index (χ1n) is 4.58. The Morgan fingerprint density at radius 2 is 1.92 bits per heavy atom. The van der Waals surface area contributed by atoms with Gasteiger partial charge in [0, 0.05) is 12.0 Å². The van der Waals surface area contributed by atoms with Crippen LogP contribution in [-0.4, -0.2) is 12.4 Å². The normalized spacial score (nSPS) is 13.5. The molecule has 1 aromatic rings. The second-order valence-corrected chi connectivity index (χ2v) is 2.61. The first kappa shape index (κ1) is 9.78. The van der Waals surface area contributed by atoms with Gasteiger partial charge < -0.3 is 4.74 Å². The summed E-state index contributed by atoms with van der Waals surface area (Å²) in [6, 6.07) is 7.64. The van der Waals surface area contributed by atoms with Gasteiger partial charge in [0.25, 0.3) is 0 Å². The summed E-state index contributed by atoms with van der Waals surface area (Å²) in [5.74, 6) is 1.01. The van der Waals surface area contributed by atoms with Crippen molar-refractivity contribution in [1.29, 1.82) is 0 Å². The highest BCUT2D eigenvalue weighted by Gasteiger charge is 2.14. The fourth-order valence-electron chi connectivity index (χ4n) is 1.21. The molecule has 13 heavy (non-hydrogen) atoms. The number of fused-ring (bicyclic) bond motifs is 1. The van der Waals surface area contributed by atoms with E-state index in [1.54, 1.807) is 0 Å². The molecule has 0 aliphatic carbocycles. The van der Waals surface area contributed by atoms with Gasteiger partial charge in [-0.15, -0.1) is 0 Å². The monoisotopic (exact) mass is 178 g/mol. The van der Waals surface area contributed by atoms with Crippen molar-refractivity contribution in [3.63, 3.8) is 0 Å². The highest BCUT2D eigenvalue weighted by atomic mass is 16.5. The number of para-hydroxylation sites is 1. The number of carbonyl (C=O) groups is 1. The van der Waals surface area contributed by atoms with Crippen molar-refractivity contribution in [2.45, 2.75) is 20.3 Å². The van der Waals surface area contributed by atoms with E-state index in [-0.39, 0.29) is 12.4 Å². The van der Waals surface area contributed by atoms with Crippen molar-refractivity contribution in [2.24, 2.45) is 0 Å². The molecule has 0 spiro atoms. The molecule has 2 nitrogen and oxygen atoms in total. The minimum absolute atomic E-state index is 0.156. The molecule has 0 saturated carbocycles. The summed E-state index contributed by atoms with van der Waals surface area (Å²) >= 11 is 0. The molecule has 1 heterocycles. The molecule has 2 heteroatoms. The molecular weight excluding hydrogens is 164 g/mol. The molecule has 70 valence electrons. The highest BCUT2D eigenvalue weighted by Crippen LogP contribution is 2.21. The fourth-order valence-corrected chi connectivity index (χ4v) is 1.21. The molecule has 0 unspecified atom stereocenters. The van der Waals surface area contributed by atoms with E-state index in [9.17, 15) is 4.79 Å². The summed E-state index contributed by atoms with van der Waals surface area (Å²) in [5, 5.41) is 0. The number of rotatable bonds is 0. The summed E-state index contributed by atoms with van der Waals surface area (Å²) in [6.07, 6.45) is 0.524. The molecule has 1 aliphatic heterocycles. The van der Waals surface area contributed by atoms with E-state index < -0.39 is 0 Å². The van der Waals surface area contributed by atoms with Crippen molar-refractivity contribution in [2.75, 3.05) is 6.61 Å². The van der Waals surface area contributed by atoms with Crippen LogP contribution >= 0.6 is 0 Å². The molecular formula is C11H14O2. The fraction of sp³-hybridized carbons (Fsp3) is 0.364. The number of Topliss-reactive ketones (excluding diaryl/α,β-unsaturated/α-hetero) is 1. The highest BCUT2D eigenvalue weighted by molar-refractivity contribution is 5.84. The number of hydrogen-bond acceptors (Lipinski definition) is 2. The minimum Gasteiger partial charge on any atom is -0.486 e. The maximum absolute atomic E-state index is 10.9. The Morgan fingerprint density at radius 1 is 1.23 bits per heavy atom. The lowest BCUT2D eigenvalue weighted by Crippen LogP contribution is -2.19. The van der Waals surface area contributed by atoms with E-state index in [0.29, 0.717) is 6.42 Å². The van der Waals surface area contributed by atoms with Gasteiger partial charge in [-0.25, -0.2) is 0 Å². The van der Waals surface area contributed by atoms with Crippen molar-refractivity contribution in [1.82, 2.24) is 0 Å². The minimum atomic E-state index is 0.156. The largest absolute Gasteiger partial charge is 0.486 e. The number of ether oxygens (including phenoxy) is 1. The molecule has 0 aromatic heterocycles. The van der Waals surface area contributed by atoms with E-state index >= 15 is 0 Å². The molecule has 0 fully saturated rings. The van der Waals surface area contributed by atoms with Crippen LogP contribution < -0.4 is 4.74 Å². The standard InChI is InChI=1S/C9H8O2.C2H6/c10-8-5-7-3-1-2-4-9(7)11-6-8;1-2/h1-4H,5-6H2;1-2H3. The quantitative estimate of drug-likeness (QED) is 0.609. The van der Waals surface area contributed by atoms with Crippen LogP contribution in [0.1, 0.15) is 19.4 Å². The Hall–Kier alpha value is -1.31. The van der Waals surface area contributed by atoms with E-state index in [4.69, 9.17) is 4.74 Å². The van der Waals surface area contributed by atoms with Gasteiger partial charge in [-0.05, 0) is 6.07 Å². The summed E-state index contributed by atoms with van der Waals surface area (Å²) in [4.78, 5) is 10.9. The molecule has 2 rings (SSSR count). The summed E-state index contributed by atoms with van der Waals surface area (Å²) in [6.45, 7) is 4.23. The topological polar surface area (TPSA) is 26.3 Å². The first-order chi connectivity index (χ1) is 6.36. The first-order valence-corrected chi connectivity index (χ1v) is 4.58. The molecule has 0 bridgehead atoms. The average molecular weight is 178 g/mol. The van der Waals surface area contributed by atoms with Crippen molar-refractivity contribution in [3.8, 4) is 5.75 Å². The third-order valence-electron chi connectivity index (χ3n) is 1.75. The molecule has 0 saturated heterocycles. The number of ketones is 1. The van der Waals surface area contributed by atoms with Crippen LogP contribution in [0.4, 0.5) is 0 Å². The third kappa shape index (κ3) is 2.31. The zero-order valence-corrected chi connectivity index (χ0v) is 8.04. The maximum Gasteiger partial charge on any atom is 0.174 e. The number of carbonyl (C=O) groups excluding carboxylic acids is 1. The predicted octanol–water partition coefficient (Wildman–Crippen LogP) is 2.22. The second-order valence-electron chi connectivity index (χ2n) is 2.61. The van der Waals surface area contributed by atoms with Crippen LogP contribution in [0.15, 0.2) is 24.3 Å². The van der Waals surface area contributed by atoms with E-state index in [1.165, 1.54) is 0 Å². The molecule has 0 radical (unpaired) electrons. The molecule has 0 amide bonds. The maximum atomic E-state index is 10.9. The zero-order chi connectivity index (χ0) is 9.68. The molecule has 1 aromatic carbocycles. The molecule has 0 atom stereocenters. The Kier molecular flexibility index (Phi) is 3.50. The lowest BCUT2D eigenvalue weighted by molar-refractivity contribution is -0.121. The van der Waals surface area contributed by atoms with Crippen molar-refractivity contribution in [3.05, 3.63) is 29.8 Å². The van der Waals surface area contributed by atoms with Gasteiger partial charge in [0.1, 0.15) is 12.4 Å². The van der Waals surface area contributed by atoms with E-state index in [1.807, 2.05) is 38.1 Å². The van der Waals surface area contributed by atoms with Crippen LogP contribution in [0.25, 0.3) is 0 Å². The van der Waals surface area contributed by atoms with E-state index in [0.717, 1.165) is 11.3 Å². The summed E-state index contributed by atoms with van der Waals surface area (Å²) in [7, 11) is 0. The molecule has 0 N–H and O–H groups in total. The van der Waals surface area contributed by atoms with Gasteiger partial charge >= 0.3 is 0 Å². The summed E-state index contributed by atoms with van der Waals surface area (Å²) < 4.78 is 5.19. The Morgan fingerprint density at radius 3 is 2.69 bits per heavy atom. The number of hydrogen-bond donors (Lipinski definition) is 0. The second kappa shape index (κ2) is 4.65. The van der Waals surface area contributed by atoms with Gasteiger partial charge in [0.15, 0.2) is 5.78 Å². The van der Waals surface area contributed by atoms with Crippen LogP contribution in [0.3, 0.4) is 0 Å². The van der Waals surface area contributed by atoms with Crippen LogP contribution in [-0.2, 0) is 11.2 Å². The third-order valence-corrected chi connectivity index (χ3v) is 1.75. The van der Waals surface area contributed by atoms with Crippen molar-refractivity contribution >= 4 is 5.78 Å². The summed E-state index contributed by atoms with van der Waals surface area (Å²) in [5.41, 5.74) is 1.00. The smallest absolute Gasteiger partial charge is 0.174 e. The van der Waals surface area contributed by atoms with Gasteiger partial charge in [0.05, 0.1) is 0 Å². The Balaban J connectivity index is 0.000000396. The Labute approximate surface area is 78.5 Å².